The highest BCUT2D eigenvalue weighted by atomic mass is 19.4. The Balaban J connectivity index is 1.89. The molecule has 0 radical (unpaired) electrons. The number of esters is 1. The van der Waals surface area contributed by atoms with E-state index in [0.717, 1.165) is 23.1 Å². The summed E-state index contributed by atoms with van der Waals surface area (Å²) in [6.07, 6.45) is -11.3. The molecule has 5 nitrogen and oxygen atoms in total. The molecule has 26 heavy (non-hydrogen) atoms. The molecule has 2 aliphatic heterocycles. The van der Waals surface area contributed by atoms with Crippen LogP contribution in [0.15, 0.2) is 18.2 Å². The molecule has 1 N–H and O–H groups in total. The number of carbonyl (C=O) groups excluding carboxylic acids is 2. The molecule has 2 heterocycles. The van der Waals surface area contributed by atoms with E-state index in [2.05, 4.69) is 10.1 Å². The number of ether oxygens (including phenoxy) is 1. The summed E-state index contributed by atoms with van der Waals surface area (Å²) in [6.45, 7) is 0.103. The normalized spacial score (nSPS) is 23.3. The average molecular weight is 382 g/mol. The second kappa shape index (κ2) is 6.15. The molecule has 11 heteroatoms. The van der Waals surface area contributed by atoms with Gasteiger partial charge >= 0.3 is 18.3 Å². The Morgan fingerprint density at radius 2 is 1.88 bits per heavy atom. The van der Waals surface area contributed by atoms with Crippen LogP contribution in [-0.2, 0) is 22.1 Å². The third-order valence-corrected chi connectivity index (χ3v) is 4.27. The third kappa shape index (κ3) is 3.35. The lowest BCUT2D eigenvalue weighted by atomic mass is 9.90. The summed E-state index contributed by atoms with van der Waals surface area (Å²) < 4.78 is 80.2. The maximum Gasteiger partial charge on any atom is 0.490 e. The van der Waals surface area contributed by atoms with Gasteiger partial charge in [0.25, 0.3) is 5.91 Å². The van der Waals surface area contributed by atoms with E-state index in [4.69, 9.17) is 0 Å². The highest BCUT2D eigenvalue weighted by Gasteiger charge is 2.47. The van der Waals surface area contributed by atoms with Crippen molar-refractivity contribution >= 4 is 11.9 Å². The summed E-state index contributed by atoms with van der Waals surface area (Å²) in [6, 6.07) is 1.71. The van der Waals surface area contributed by atoms with Crippen molar-refractivity contribution in [2.24, 2.45) is 0 Å². The van der Waals surface area contributed by atoms with E-state index < -0.39 is 42.1 Å². The van der Waals surface area contributed by atoms with Gasteiger partial charge in [-0.05, 0) is 24.1 Å². The molecule has 0 spiro atoms. The Morgan fingerprint density at radius 3 is 2.50 bits per heavy atom. The number of piperazine rings is 1. The van der Waals surface area contributed by atoms with Crippen LogP contribution in [0.4, 0.5) is 26.3 Å². The number of amides is 1. The van der Waals surface area contributed by atoms with Crippen LogP contribution in [0.1, 0.15) is 21.5 Å². The summed E-state index contributed by atoms with van der Waals surface area (Å²) in [7, 11) is 0. The topological polar surface area (TPSA) is 58.6 Å². The highest BCUT2D eigenvalue weighted by molar-refractivity contribution is 5.97. The lowest BCUT2D eigenvalue weighted by Gasteiger charge is -2.44. The Hall–Kier alpha value is -2.30. The van der Waals surface area contributed by atoms with E-state index in [-0.39, 0.29) is 30.6 Å². The van der Waals surface area contributed by atoms with E-state index in [1.807, 2.05) is 0 Å². The highest BCUT2D eigenvalue weighted by Crippen LogP contribution is 2.34. The first-order valence-electron chi connectivity index (χ1n) is 7.51. The predicted molar refractivity (Wildman–Crippen MR) is 73.9 cm³/mol. The van der Waals surface area contributed by atoms with Crippen LogP contribution in [0.3, 0.4) is 0 Å². The zero-order valence-corrected chi connectivity index (χ0v) is 12.9. The maximum absolute atomic E-state index is 12.8. The molecule has 2 aliphatic rings. The second-order valence-corrected chi connectivity index (χ2v) is 5.92. The number of rotatable bonds is 1. The lowest BCUT2D eigenvalue weighted by molar-refractivity contribution is -0.210. The van der Waals surface area contributed by atoms with E-state index >= 15 is 0 Å². The van der Waals surface area contributed by atoms with E-state index in [1.54, 1.807) is 0 Å². The first-order valence-corrected chi connectivity index (χ1v) is 7.51. The number of benzene rings is 1. The Labute approximate surface area is 142 Å². The zero-order valence-electron chi connectivity index (χ0n) is 12.9. The molecule has 1 amide bonds. The Morgan fingerprint density at radius 1 is 1.19 bits per heavy atom. The number of hydrogen-bond acceptors (Lipinski definition) is 4. The van der Waals surface area contributed by atoms with Crippen molar-refractivity contribution in [1.82, 2.24) is 10.2 Å². The summed E-state index contributed by atoms with van der Waals surface area (Å²) in [4.78, 5) is 24.7. The zero-order chi connectivity index (χ0) is 19.3. The molecule has 1 unspecified atom stereocenters. The number of nitrogens with zero attached hydrogens (tertiary/aromatic N) is 1. The van der Waals surface area contributed by atoms with Gasteiger partial charge < -0.3 is 9.64 Å². The second-order valence-electron chi connectivity index (χ2n) is 5.92. The molecule has 142 valence electrons. The van der Waals surface area contributed by atoms with Crippen molar-refractivity contribution < 1.29 is 40.7 Å². The van der Waals surface area contributed by atoms with Crippen LogP contribution in [0.25, 0.3) is 0 Å². The molecule has 3 rings (SSSR count). The quantitative estimate of drug-likeness (QED) is 0.597. The van der Waals surface area contributed by atoms with Crippen LogP contribution >= 0.6 is 0 Å². The minimum absolute atomic E-state index is 0.0341. The van der Waals surface area contributed by atoms with E-state index in [9.17, 15) is 35.9 Å². The van der Waals surface area contributed by atoms with Crippen LogP contribution < -0.4 is 5.32 Å². The molecule has 0 aliphatic carbocycles. The maximum atomic E-state index is 12.8. The SMILES string of the molecule is O=C1c2cc(C(F)(F)F)ccc2C[C@@H]2C(OC(=O)C(F)(F)F)NCCN12. The van der Waals surface area contributed by atoms with Crippen molar-refractivity contribution in [1.29, 1.82) is 0 Å². The van der Waals surface area contributed by atoms with Crippen molar-refractivity contribution in [2.45, 2.75) is 31.0 Å². The summed E-state index contributed by atoms with van der Waals surface area (Å²) in [5, 5.41) is 2.59. The minimum atomic E-state index is -5.19. The molecule has 2 atom stereocenters. The summed E-state index contributed by atoms with van der Waals surface area (Å²) >= 11 is 0. The van der Waals surface area contributed by atoms with Gasteiger partial charge in [-0.3, -0.25) is 10.1 Å². The molecule has 0 bridgehead atoms. The first-order chi connectivity index (χ1) is 12.0. The van der Waals surface area contributed by atoms with Gasteiger partial charge in [0.05, 0.1) is 11.6 Å². The van der Waals surface area contributed by atoms with Crippen molar-refractivity contribution in [3.05, 3.63) is 34.9 Å². The van der Waals surface area contributed by atoms with Crippen LogP contribution in [0, 0.1) is 0 Å². The van der Waals surface area contributed by atoms with Crippen LogP contribution in [0.2, 0.25) is 0 Å². The molecule has 0 aromatic heterocycles. The fourth-order valence-corrected chi connectivity index (χ4v) is 3.07. The number of halogens is 6. The van der Waals surface area contributed by atoms with E-state index in [1.165, 1.54) is 0 Å². The van der Waals surface area contributed by atoms with Crippen molar-refractivity contribution in [3.63, 3.8) is 0 Å². The van der Waals surface area contributed by atoms with Gasteiger partial charge in [-0.2, -0.15) is 26.3 Å². The van der Waals surface area contributed by atoms with Crippen LogP contribution in [0.5, 0.6) is 0 Å². The monoisotopic (exact) mass is 382 g/mol. The fourth-order valence-electron chi connectivity index (χ4n) is 3.07. The van der Waals surface area contributed by atoms with Crippen LogP contribution in [-0.4, -0.2) is 48.3 Å². The van der Waals surface area contributed by atoms with Crippen molar-refractivity contribution in [3.8, 4) is 0 Å². The number of hydrogen-bond donors (Lipinski definition) is 1. The first kappa shape index (κ1) is 18.5. The van der Waals surface area contributed by atoms with Gasteiger partial charge in [0, 0.05) is 18.7 Å². The summed E-state index contributed by atoms with van der Waals surface area (Å²) in [5.74, 6) is -3.14. The Kier molecular flexibility index (Phi) is 4.37. The van der Waals surface area contributed by atoms with Crippen molar-refractivity contribution in [2.75, 3.05) is 13.1 Å². The average Bonchev–Trinajstić information content (AvgIpc) is 2.53. The molecular formula is C15H12F6N2O3. The Bertz CT molecular complexity index is 746. The molecule has 0 saturated carbocycles. The summed E-state index contributed by atoms with van der Waals surface area (Å²) in [5.41, 5.74) is -0.891. The number of alkyl halides is 6. The largest absolute Gasteiger partial charge is 0.490 e. The number of carbonyl (C=O) groups is 2. The number of nitrogens with one attached hydrogen (secondary N) is 1. The number of fused-ring (bicyclic) bond motifs is 2. The van der Waals surface area contributed by atoms with Gasteiger partial charge in [-0.1, -0.05) is 6.07 Å². The van der Waals surface area contributed by atoms with E-state index in [0.29, 0.717) is 0 Å². The smallest absolute Gasteiger partial charge is 0.438 e. The van der Waals surface area contributed by atoms with Gasteiger partial charge in [-0.15, -0.1) is 0 Å². The molecule has 1 saturated heterocycles. The molecule has 1 aromatic carbocycles. The lowest BCUT2D eigenvalue weighted by Crippen LogP contribution is -2.63. The fraction of sp³-hybridized carbons (Fsp3) is 0.467. The van der Waals surface area contributed by atoms with Gasteiger partial charge in [0.2, 0.25) is 0 Å². The van der Waals surface area contributed by atoms with Gasteiger partial charge in [0.1, 0.15) is 0 Å². The van der Waals surface area contributed by atoms with Gasteiger partial charge in [0.15, 0.2) is 6.23 Å². The molecule has 1 fully saturated rings. The molecular weight excluding hydrogens is 370 g/mol. The molecule has 1 aromatic rings. The predicted octanol–water partition coefficient (Wildman–Crippen LogP) is 2.11. The third-order valence-electron chi connectivity index (χ3n) is 4.27. The standard InChI is InChI=1S/C15H12F6N2O3/c16-14(17,18)8-2-1-7-5-10-11(26-13(25)15(19,20)21)22-3-4-23(10)12(24)9(7)6-8/h1-2,6,10-11,22H,3-5H2/t10-,11?/m1/s1. The van der Waals surface area contributed by atoms with Gasteiger partial charge in [-0.25, -0.2) is 4.79 Å². The minimum Gasteiger partial charge on any atom is -0.438 e.